The van der Waals surface area contributed by atoms with Crippen molar-refractivity contribution in [1.82, 2.24) is 16.0 Å². The Morgan fingerprint density at radius 2 is 1.31 bits per heavy atom. The van der Waals surface area contributed by atoms with Crippen LogP contribution in [-0.2, 0) is 24.0 Å². The highest BCUT2D eigenvalue weighted by Gasteiger charge is 2.32. The van der Waals surface area contributed by atoms with Gasteiger partial charge < -0.3 is 38.3 Å². The molecule has 0 heterocycles. The minimum absolute atomic E-state index is 0.0815. The maximum Gasteiger partial charge on any atom is 0.326 e. The van der Waals surface area contributed by atoms with Crippen LogP contribution in [0.1, 0.15) is 72.6 Å². The van der Waals surface area contributed by atoms with Gasteiger partial charge >= 0.3 is 5.97 Å². The maximum atomic E-state index is 13.1. The van der Waals surface area contributed by atoms with Gasteiger partial charge in [0.2, 0.25) is 23.6 Å². The van der Waals surface area contributed by atoms with Crippen LogP contribution in [0.4, 0.5) is 0 Å². The van der Waals surface area contributed by atoms with E-state index in [4.69, 9.17) is 17.2 Å². The second-order valence-electron chi connectivity index (χ2n) is 9.03. The summed E-state index contributed by atoms with van der Waals surface area (Å²) in [6.45, 7) is 7.58. The van der Waals surface area contributed by atoms with E-state index in [-0.39, 0.29) is 31.1 Å². The predicted octanol–water partition coefficient (Wildman–Crippen LogP) is -0.661. The summed E-state index contributed by atoms with van der Waals surface area (Å²) in [6.07, 6.45) is 2.24. The lowest BCUT2D eigenvalue weighted by Crippen LogP contribution is -2.58. The number of nitrogens with two attached hydrogens (primary N) is 3. The van der Waals surface area contributed by atoms with Crippen molar-refractivity contribution in [1.29, 1.82) is 0 Å². The van der Waals surface area contributed by atoms with Crippen molar-refractivity contribution in [2.45, 2.75) is 96.8 Å². The number of amides is 4. The highest BCUT2D eigenvalue weighted by atomic mass is 16.4. The standard InChI is InChI=1S/C23H44N6O6/c1-5-13(3)18(26)22(33)28-16(10-11-17(25)30)20(31)27-15(9-7-8-12-24)21(32)29-19(23(34)35)14(4)6-2/h13-16,18-19H,5-12,24,26H2,1-4H3,(H2,25,30)(H,27,31)(H,28,33)(H,29,32)(H,34,35). The van der Waals surface area contributed by atoms with E-state index in [1.165, 1.54) is 0 Å². The minimum Gasteiger partial charge on any atom is -0.480 e. The molecule has 0 radical (unpaired) electrons. The second-order valence-corrected chi connectivity index (χ2v) is 9.03. The molecule has 0 spiro atoms. The fourth-order valence-electron chi connectivity index (χ4n) is 3.31. The van der Waals surface area contributed by atoms with E-state index in [1.54, 1.807) is 13.8 Å². The molecule has 35 heavy (non-hydrogen) atoms. The highest BCUT2D eigenvalue weighted by molar-refractivity contribution is 5.94. The van der Waals surface area contributed by atoms with Gasteiger partial charge in [-0.05, 0) is 44.1 Å². The molecular weight excluding hydrogens is 456 g/mol. The largest absolute Gasteiger partial charge is 0.480 e. The number of nitrogens with one attached hydrogen (secondary N) is 3. The van der Waals surface area contributed by atoms with Crippen LogP contribution in [0.2, 0.25) is 0 Å². The lowest BCUT2D eigenvalue weighted by Gasteiger charge is -2.27. The van der Waals surface area contributed by atoms with E-state index < -0.39 is 53.8 Å². The molecule has 0 bridgehead atoms. The topological polar surface area (TPSA) is 220 Å². The van der Waals surface area contributed by atoms with Gasteiger partial charge in [-0.15, -0.1) is 0 Å². The summed E-state index contributed by atoms with van der Waals surface area (Å²) in [4.78, 5) is 61.5. The molecule has 6 atom stereocenters. The SMILES string of the molecule is CCC(C)C(N)C(=O)NC(CCC(N)=O)C(=O)NC(CCCCN)C(=O)NC(C(=O)O)C(C)CC. The molecule has 6 unspecified atom stereocenters. The Morgan fingerprint density at radius 3 is 1.80 bits per heavy atom. The van der Waals surface area contributed by atoms with Crippen LogP contribution < -0.4 is 33.2 Å². The third-order valence-electron chi connectivity index (χ3n) is 6.23. The number of hydrogen-bond donors (Lipinski definition) is 7. The number of primary amides is 1. The lowest BCUT2D eigenvalue weighted by molar-refractivity contribution is -0.144. The molecule has 0 aliphatic rings. The molecule has 12 nitrogen and oxygen atoms in total. The van der Waals surface area contributed by atoms with E-state index >= 15 is 0 Å². The number of carboxylic acid groups (broad SMARTS) is 1. The van der Waals surface area contributed by atoms with Crippen LogP contribution >= 0.6 is 0 Å². The van der Waals surface area contributed by atoms with Crippen molar-refractivity contribution in [3.05, 3.63) is 0 Å². The van der Waals surface area contributed by atoms with Crippen LogP contribution in [-0.4, -0.2) is 65.4 Å². The summed E-state index contributed by atoms with van der Waals surface area (Å²) in [6, 6.07) is -4.20. The van der Waals surface area contributed by atoms with Gasteiger partial charge in [-0.2, -0.15) is 0 Å². The molecular formula is C23H44N6O6. The Morgan fingerprint density at radius 1 is 0.800 bits per heavy atom. The summed E-state index contributed by atoms with van der Waals surface area (Å²) in [5, 5.41) is 17.2. The van der Waals surface area contributed by atoms with Crippen molar-refractivity contribution in [3.8, 4) is 0 Å². The molecule has 0 rings (SSSR count). The first kappa shape index (κ1) is 32.3. The van der Waals surface area contributed by atoms with Crippen molar-refractivity contribution < 1.29 is 29.1 Å². The fraction of sp³-hybridized carbons (Fsp3) is 0.783. The lowest BCUT2D eigenvalue weighted by atomic mass is 9.98. The number of hydrogen-bond acceptors (Lipinski definition) is 7. The second kappa shape index (κ2) is 16.8. The zero-order valence-corrected chi connectivity index (χ0v) is 21.3. The summed E-state index contributed by atoms with van der Waals surface area (Å²) in [5.41, 5.74) is 16.7. The quantitative estimate of drug-likeness (QED) is 0.119. The summed E-state index contributed by atoms with van der Waals surface area (Å²) in [5.74, 6) is -4.21. The van der Waals surface area contributed by atoms with Gasteiger partial charge in [0, 0.05) is 6.42 Å². The zero-order valence-electron chi connectivity index (χ0n) is 21.3. The fourth-order valence-corrected chi connectivity index (χ4v) is 3.31. The monoisotopic (exact) mass is 500 g/mol. The molecule has 0 aromatic heterocycles. The Bertz CT molecular complexity index is 719. The molecule has 10 N–H and O–H groups in total. The molecule has 0 aliphatic heterocycles. The third kappa shape index (κ3) is 12.0. The van der Waals surface area contributed by atoms with Gasteiger partial charge in [-0.3, -0.25) is 19.2 Å². The number of rotatable bonds is 18. The predicted molar refractivity (Wildman–Crippen MR) is 132 cm³/mol. The average Bonchev–Trinajstić information content (AvgIpc) is 2.82. The van der Waals surface area contributed by atoms with Crippen LogP contribution in [0, 0.1) is 11.8 Å². The number of aliphatic carboxylic acids is 1. The van der Waals surface area contributed by atoms with E-state index in [9.17, 15) is 29.1 Å². The first-order valence-electron chi connectivity index (χ1n) is 12.3. The molecule has 0 saturated heterocycles. The highest BCUT2D eigenvalue weighted by Crippen LogP contribution is 2.11. The molecule has 0 aromatic rings. The van der Waals surface area contributed by atoms with Crippen molar-refractivity contribution >= 4 is 29.6 Å². The molecule has 202 valence electrons. The summed E-state index contributed by atoms with van der Waals surface area (Å²) < 4.78 is 0. The van der Waals surface area contributed by atoms with E-state index in [0.29, 0.717) is 32.2 Å². The normalized spacial score (nSPS) is 16.2. The van der Waals surface area contributed by atoms with Crippen LogP contribution in [0.25, 0.3) is 0 Å². The van der Waals surface area contributed by atoms with Gasteiger partial charge in [-0.1, -0.05) is 40.5 Å². The van der Waals surface area contributed by atoms with Crippen molar-refractivity contribution in [2.75, 3.05) is 6.54 Å². The van der Waals surface area contributed by atoms with Gasteiger partial charge in [0.15, 0.2) is 0 Å². The molecule has 12 heteroatoms. The molecule has 0 aliphatic carbocycles. The van der Waals surface area contributed by atoms with Crippen LogP contribution in [0.3, 0.4) is 0 Å². The smallest absolute Gasteiger partial charge is 0.326 e. The van der Waals surface area contributed by atoms with Gasteiger partial charge in [0.05, 0.1) is 6.04 Å². The number of unbranched alkanes of at least 4 members (excludes halogenated alkanes) is 1. The Kier molecular flexibility index (Phi) is 15.5. The van der Waals surface area contributed by atoms with Crippen LogP contribution in [0.15, 0.2) is 0 Å². The Hall–Kier alpha value is -2.73. The first-order valence-corrected chi connectivity index (χ1v) is 12.3. The number of carbonyl (C=O) groups excluding carboxylic acids is 4. The van der Waals surface area contributed by atoms with Gasteiger partial charge in [0.1, 0.15) is 18.1 Å². The Balaban J connectivity index is 5.66. The minimum atomic E-state index is -1.18. The Labute approximate surface area is 207 Å². The van der Waals surface area contributed by atoms with E-state index in [2.05, 4.69) is 16.0 Å². The van der Waals surface area contributed by atoms with Crippen molar-refractivity contribution in [3.63, 3.8) is 0 Å². The number of carboxylic acids is 1. The first-order chi connectivity index (χ1) is 16.4. The maximum absolute atomic E-state index is 13.1. The molecule has 4 amide bonds. The van der Waals surface area contributed by atoms with Gasteiger partial charge in [0.25, 0.3) is 0 Å². The van der Waals surface area contributed by atoms with E-state index in [0.717, 1.165) is 0 Å². The third-order valence-corrected chi connectivity index (χ3v) is 6.23. The van der Waals surface area contributed by atoms with Crippen LogP contribution in [0.5, 0.6) is 0 Å². The molecule has 0 aromatic carbocycles. The average molecular weight is 501 g/mol. The summed E-state index contributed by atoms with van der Waals surface area (Å²) in [7, 11) is 0. The number of carbonyl (C=O) groups is 5. The van der Waals surface area contributed by atoms with E-state index in [1.807, 2.05) is 13.8 Å². The molecule has 0 saturated carbocycles. The van der Waals surface area contributed by atoms with Gasteiger partial charge in [-0.25, -0.2) is 4.79 Å². The van der Waals surface area contributed by atoms with Crippen molar-refractivity contribution in [2.24, 2.45) is 29.0 Å². The summed E-state index contributed by atoms with van der Waals surface area (Å²) >= 11 is 0. The molecule has 0 fully saturated rings. The zero-order chi connectivity index (χ0) is 27.1.